The van der Waals surface area contributed by atoms with E-state index in [4.69, 9.17) is 0 Å². The Balaban J connectivity index is 2.47. The second-order valence-electron chi connectivity index (χ2n) is 3.70. The minimum Gasteiger partial charge on any atom is -0.351 e. The van der Waals surface area contributed by atoms with Gasteiger partial charge in [0.2, 0.25) is 0 Å². The van der Waals surface area contributed by atoms with E-state index in [2.05, 4.69) is 0 Å². The van der Waals surface area contributed by atoms with Gasteiger partial charge in [-0.05, 0) is 24.3 Å². The SMILES string of the molecule is Cn1cccc1/C=C(\c1ccccc1)[N+](=O)[O-]. The fourth-order valence-electron chi connectivity index (χ4n) is 1.61. The van der Waals surface area contributed by atoms with E-state index >= 15 is 0 Å². The van der Waals surface area contributed by atoms with Crippen molar-refractivity contribution in [3.63, 3.8) is 0 Å². The molecular weight excluding hydrogens is 216 g/mol. The van der Waals surface area contributed by atoms with E-state index in [1.165, 1.54) is 0 Å². The molecular formula is C13H12N2O2. The molecule has 0 atom stereocenters. The molecule has 1 aromatic heterocycles. The molecule has 0 aliphatic carbocycles. The highest BCUT2D eigenvalue weighted by atomic mass is 16.6. The lowest BCUT2D eigenvalue weighted by molar-refractivity contribution is -0.374. The van der Waals surface area contributed by atoms with Gasteiger partial charge in [0.1, 0.15) is 0 Å². The Hall–Kier alpha value is -2.36. The van der Waals surface area contributed by atoms with Crippen LogP contribution >= 0.6 is 0 Å². The Morgan fingerprint density at radius 2 is 1.94 bits per heavy atom. The summed E-state index contributed by atoms with van der Waals surface area (Å²) in [5.74, 6) is 0. The first-order valence-corrected chi connectivity index (χ1v) is 5.21. The molecule has 0 N–H and O–H groups in total. The van der Waals surface area contributed by atoms with Crippen LogP contribution < -0.4 is 0 Å². The largest absolute Gasteiger partial charge is 0.351 e. The van der Waals surface area contributed by atoms with Gasteiger partial charge >= 0.3 is 0 Å². The first-order chi connectivity index (χ1) is 8.18. The summed E-state index contributed by atoms with van der Waals surface area (Å²) < 4.78 is 1.84. The summed E-state index contributed by atoms with van der Waals surface area (Å²) in [7, 11) is 1.86. The van der Waals surface area contributed by atoms with Crippen molar-refractivity contribution in [2.45, 2.75) is 0 Å². The maximum Gasteiger partial charge on any atom is 0.278 e. The summed E-state index contributed by atoms with van der Waals surface area (Å²) in [6, 6.07) is 12.6. The van der Waals surface area contributed by atoms with Crippen molar-refractivity contribution in [3.05, 3.63) is 70.0 Å². The van der Waals surface area contributed by atoms with E-state index in [-0.39, 0.29) is 10.6 Å². The lowest BCUT2D eigenvalue weighted by Crippen LogP contribution is -1.99. The van der Waals surface area contributed by atoms with Gasteiger partial charge < -0.3 is 4.57 Å². The molecule has 0 bridgehead atoms. The molecule has 0 aliphatic heterocycles. The van der Waals surface area contributed by atoms with Crippen molar-refractivity contribution in [1.29, 1.82) is 0 Å². The van der Waals surface area contributed by atoms with Crippen LogP contribution in [0, 0.1) is 10.1 Å². The maximum atomic E-state index is 11.1. The molecule has 4 heteroatoms. The Kier molecular flexibility index (Phi) is 3.05. The molecule has 0 amide bonds. The van der Waals surface area contributed by atoms with E-state index in [0.717, 1.165) is 5.69 Å². The number of aromatic nitrogens is 1. The van der Waals surface area contributed by atoms with E-state index in [1.807, 2.05) is 36.0 Å². The van der Waals surface area contributed by atoms with Crippen LogP contribution in [0.1, 0.15) is 11.3 Å². The molecule has 0 radical (unpaired) electrons. The number of benzene rings is 1. The summed E-state index contributed by atoms with van der Waals surface area (Å²) in [6.45, 7) is 0. The van der Waals surface area contributed by atoms with Gasteiger partial charge in [-0.3, -0.25) is 10.1 Å². The van der Waals surface area contributed by atoms with E-state index < -0.39 is 0 Å². The van der Waals surface area contributed by atoms with Crippen molar-refractivity contribution < 1.29 is 4.92 Å². The Bertz CT molecular complexity index is 556. The van der Waals surface area contributed by atoms with Crippen LogP contribution in [0.5, 0.6) is 0 Å². The third-order valence-electron chi connectivity index (χ3n) is 2.53. The molecule has 2 aromatic rings. The van der Waals surface area contributed by atoms with E-state index in [1.54, 1.807) is 30.3 Å². The van der Waals surface area contributed by atoms with Gasteiger partial charge in [0, 0.05) is 25.0 Å². The van der Waals surface area contributed by atoms with Crippen LogP contribution in [0.2, 0.25) is 0 Å². The Labute approximate surface area is 99.0 Å². The smallest absolute Gasteiger partial charge is 0.278 e. The summed E-state index contributed by atoms with van der Waals surface area (Å²) in [4.78, 5) is 10.7. The van der Waals surface area contributed by atoms with Gasteiger partial charge in [0.15, 0.2) is 0 Å². The molecule has 0 saturated carbocycles. The molecule has 0 spiro atoms. The first-order valence-electron chi connectivity index (χ1n) is 5.21. The summed E-state index contributed by atoms with van der Waals surface area (Å²) >= 11 is 0. The van der Waals surface area contributed by atoms with Crippen molar-refractivity contribution >= 4 is 11.8 Å². The van der Waals surface area contributed by atoms with Crippen LogP contribution in [0.25, 0.3) is 11.8 Å². The van der Waals surface area contributed by atoms with Gasteiger partial charge in [0.25, 0.3) is 5.70 Å². The standard InChI is InChI=1S/C13H12N2O2/c1-14-9-5-8-12(14)10-13(15(16)17)11-6-3-2-4-7-11/h2-10H,1H3/b13-10+. The minimum atomic E-state index is -0.359. The predicted molar refractivity (Wildman–Crippen MR) is 66.7 cm³/mol. The molecule has 0 saturated heterocycles. The Morgan fingerprint density at radius 3 is 2.47 bits per heavy atom. The van der Waals surface area contributed by atoms with Gasteiger partial charge in [-0.1, -0.05) is 18.2 Å². The molecule has 86 valence electrons. The molecule has 1 aromatic carbocycles. The van der Waals surface area contributed by atoms with Crippen molar-refractivity contribution in [2.24, 2.45) is 7.05 Å². The number of nitrogens with zero attached hydrogens (tertiary/aromatic N) is 2. The third-order valence-corrected chi connectivity index (χ3v) is 2.53. The van der Waals surface area contributed by atoms with Crippen molar-refractivity contribution in [1.82, 2.24) is 4.57 Å². The van der Waals surface area contributed by atoms with Crippen LogP contribution in [-0.2, 0) is 7.05 Å². The lowest BCUT2D eigenvalue weighted by atomic mass is 10.1. The molecule has 1 heterocycles. The van der Waals surface area contributed by atoms with E-state index in [9.17, 15) is 10.1 Å². The molecule has 4 nitrogen and oxygen atoms in total. The van der Waals surface area contributed by atoms with Gasteiger partial charge in [-0.2, -0.15) is 0 Å². The highest BCUT2D eigenvalue weighted by Gasteiger charge is 2.14. The average Bonchev–Trinajstić information content (AvgIpc) is 2.72. The van der Waals surface area contributed by atoms with E-state index in [0.29, 0.717) is 5.56 Å². The summed E-state index contributed by atoms with van der Waals surface area (Å²) in [5, 5.41) is 11.1. The first kappa shape index (κ1) is 11.1. The number of aryl methyl sites for hydroxylation is 1. The second kappa shape index (κ2) is 4.65. The monoisotopic (exact) mass is 228 g/mol. The molecule has 0 aliphatic rings. The number of nitro groups is 1. The predicted octanol–water partition coefficient (Wildman–Crippen LogP) is 2.80. The normalized spacial score (nSPS) is 11.5. The highest BCUT2D eigenvalue weighted by Crippen LogP contribution is 2.18. The zero-order valence-corrected chi connectivity index (χ0v) is 9.41. The summed E-state index contributed by atoms with van der Waals surface area (Å²) in [5.41, 5.74) is 1.52. The van der Waals surface area contributed by atoms with Crippen molar-refractivity contribution in [2.75, 3.05) is 0 Å². The second-order valence-corrected chi connectivity index (χ2v) is 3.70. The fraction of sp³-hybridized carbons (Fsp3) is 0.0769. The summed E-state index contributed by atoms with van der Waals surface area (Å²) in [6.07, 6.45) is 3.43. The quantitative estimate of drug-likeness (QED) is 0.599. The fourth-order valence-corrected chi connectivity index (χ4v) is 1.61. The maximum absolute atomic E-state index is 11.1. The highest BCUT2D eigenvalue weighted by molar-refractivity contribution is 5.75. The lowest BCUT2D eigenvalue weighted by Gasteiger charge is -2.00. The topological polar surface area (TPSA) is 48.1 Å². The number of hydrogen-bond acceptors (Lipinski definition) is 2. The number of rotatable bonds is 3. The molecule has 0 fully saturated rings. The van der Waals surface area contributed by atoms with Crippen molar-refractivity contribution in [3.8, 4) is 0 Å². The molecule has 2 rings (SSSR count). The zero-order valence-electron chi connectivity index (χ0n) is 9.41. The van der Waals surface area contributed by atoms with Crippen LogP contribution in [0.4, 0.5) is 0 Å². The van der Waals surface area contributed by atoms with Gasteiger partial charge in [-0.25, -0.2) is 0 Å². The molecule has 0 unspecified atom stereocenters. The third kappa shape index (κ3) is 2.42. The number of hydrogen-bond donors (Lipinski definition) is 0. The van der Waals surface area contributed by atoms with Gasteiger partial charge in [-0.15, -0.1) is 0 Å². The average molecular weight is 228 g/mol. The van der Waals surface area contributed by atoms with Gasteiger partial charge in [0.05, 0.1) is 10.5 Å². The van der Waals surface area contributed by atoms with Crippen LogP contribution in [0.3, 0.4) is 0 Å². The zero-order chi connectivity index (χ0) is 12.3. The minimum absolute atomic E-state index is 0.104. The Morgan fingerprint density at radius 1 is 1.24 bits per heavy atom. The van der Waals surface area contributed by atoms with Crippen LogP contribution in [-0.4, -0.2) is 9.49 Å². The van der Waals surface area contributed by atoms with Crippen LogP contribution in [0.15, 0.2) is 48.7 Å². The molecule has 17 heavy (non-hydrogen) atoms.